The van der Waals surface area contributed by atoms with Crippen molar-refractivity contribution in [1.82, 2.24) is 0 Å². The summed E-state index contributed by atoms with van der Waals surface area (Å²) in [6.45, 7) is 3.01. The molecule has 0 heterocycles. The lowest BCUT2D eigenvalue weighted by Crippen LogP contribution is -2.32. The molecule has 4 heteroatoms. The number of hydrogen-bond acceptors (Lipinski definition) is 1. The summed E-state index contributed by atoms with van der Waals surface area (Å²) in [5.74, 6) is -5.52. The van der Waals surface area contributed by atoms with Gasteiger partial charge >= 0.3 is 5.92 Å². The molecule has 0 bridgehead atoms. The predicted octanol–water partition coefficient (Wildman–Crippen LogP) is 3.65. The third kappa shape index (κ3) is 3.74. The average Bonchev–Trinajstić information content (AvgIpc) is 2.38. The molecule has 1 nitrogen and oxygen atoms in total. The van der Waals surface area contributed by atoms with Crippen LogP contribution in [0.5, 0.6) is 0 Å². The molecule has 1 N–H and O–H groups in total. The van der Waals surface area contributed by atoms with Crippen LogP contribution in [0.2, 0.25) is 0 Å². The first-order chi connectivity index (χ1) is 8.48. The van der Waals surface area contributed by atoms with Crippen LogP contribution in [0, 0.1) is 0 Å². The van der Waals surface area contributed by atoms with E-state index in [0.29, 0.717) is 12.5 Å². The van der Waals surface area contributed by atoms with E-state index < -0.39 is 17.9 Å². The van der Waals surface area contributed by atoms with Gasteiger partial charge < -0.3 is 5.11 Å². The van der Waals surface area contributed by atoms with Crippen molar-refractivity contribution in [3.63, 3.8) is 0 Å². The Morgan fingerprint density at radius 3 is 2.50 bits per heavy atom. The van der Waals surface area contributed by atoms with Crippen LogP contribution in [-0.4, -0.2) is 17.1 Å². The van der Waals surface area contributed by atoms with Crippen molar-refractivity contribution in [1.29, 1.82) is 0 Å². The van der Waals surface area contributed by atoms with Gasteiger partial charge in [-0.1, -0.05) is 36.4 Å². The number of aliphatic hydroxyl groups excluding tert-OH is 1. The number of alkyl halides is 2. The number of rotatable bonds is 6. The lowest BCUT2D eigenvalue weighted by molar-refractivity contribution is -0.0700. The fourth-order valence-corrected chi connectivity index (χ4v) is 1.44. The van der Waals surface area contributed by atoms with Crippen molar-refractivity contribution in [2.45, 2.75) is 24.9 Å². The maximum Gasteiger partial charge on any atom is 0.327 e. The Balaban J connectivity index is 2.59. The number of benzene rings is 1. The van der Waals surface area contributed by atoms with Crippen molar-refractivity contribution in [3.05, 3.63) is 60.5 Å². The minimum atomic E-state index is -3.90. The van der Waals surface area contributed by atoms with E-state index in [9.17, 15) is 13.2 Å². The third-order valence-electron chi connectivity index (χ3n) is 2.51. The zero-order valence-corrected chi connectivity index (χ0v) is 9.82. The summed E-state index contributed by atoms with van der Waals surface area (Å²) < 4.78 is 39.6. The van der Waals surface area contributed by atoms with Crippen LogP contribution in [0.4, 0.5) is 13.2 Å². The van der Waals surface area contributed by atoms with Crippen molar-refractivity contribution < 1.29 is 18.3 Å². The highest BCUT2D eigenvalue weighted by molar-refractivity contribution is 5.16. The molecule has 0 saturated carbocycles. The molecule has 0 aromatic heterocycles. The molecule has 1 aromatic carbocycles. The number of aliphatic hydroxyl groups is 1. The molecule has 0 unspecified atom stereocenters. The van der Waals surface area contributed by atoms with Gasteiger partial charge in [0.2, 0.25) is 0 Å². The maximum absolute atomic E-state index is 13.2. The van der Waals surface area contributed by atoms with E-state index in [4.69, 9.17) is 5.11 Å². The quantitative estimate of drug-likeness (QED) is 0.770. The fraction of sp³-hybridized carbons (Fsp3) is 0.286. The highest BCUT2D eigenvalue weighted by atomic mass is 19.3. The predicted molar refractivity (Wildman–Crippen MR) is 65.1 cm³/mol. The summed E-state index contributed by atoms with van der Waals surface area (Å²) in [5.41, 5.74) is 0.939. The van der Waals surface area contributed by atoms with E-state index in [-0.39, 0.29) is 6.42 Å². The first-order valence-electron chi connectivity index (χ1n) is 5.57. The van der Waals surface area contributed by atoms with Crippen LogP contribution in [0.1, 0.15) is 12.0 Å². The monoisotopic (exact) mass is 256 g/mol. The standard InChI is InChI=1S/C14H15F3O/c1-2-13(18)14(16,17)12(15)10-6-9-11-7-4-3-5-8-11/h2-5,7-8,10,13,18H,1,6,9H2/b12-10+/t13-/m1/s1. The van der Waals surface area contributed by atoms with Gasteiger partial charge in [0.1, 0.15) is 6.10 Å². The number of hydrogen-bond donors (Lipinski definition) is 1. The molecule has 0 radical (unpaired) electrons. The summed E-state index contributed by atoms with van der Waals surface area (Å²) in [4.78, 5) is 0. The van der Waals surface area contributed by atoms with Gasteiger partial charge in [0.15, 0.2) is 5.83 Å². The molecule has 1 rings (SSSR count). The Kier molecular flexibility index (Phi) is 5.16. The van der Waals surface area contributed by atoms with Crippen LogP contribution in [0.25, 0.3) is 0 Å². The molecular formula is C14H15F3O. The van der Waals surface area contributed by atoms with E-state index >= 15 is 0 Å². The second-order valence-electron chi connectivity index (χ2n) is 3.88. The van der Waals surface area contributed by atoms with Crippen LogP contribution in [0.3, 0.4) is 0 Å². The largest absolute Gasteiger partial charge is 0.382 e. The molecule has 0 fully saturated rings. The summed E-state index contributed by atoms with van der Waals surface area (Å²) in [6, 6.07) is 9.16. The van der Waals surface area contributed by atoms with Crippen LogP contribution >= 0.6 is 0 Å². The van der Waals surface area contributed by atoms with Gasteiger partial charge in [0.05, 0.1) is 0 Å². The minimum Gasteiger partial charge on any atom is -0.382 e. The number of halogens is 3. The highest BCUT2D eigenvalue weighted by Gasteiger charge is 2.41. The summed E-state index contributed by atoms with van der Waals surface area (Å²) in [6.07, 6.45) is -0.167. The summed E-state index contributed by atoms with van der Waals surface area (Å²) >= 11 is 0. The van der Waals surface area contributed by atoms with Crippen molar-refractivity contribution in [2.75, 3.05) is 0 Å². The third-order valence-corrected chi connectivity index (χ3v) is 2.51. The molecule has 0 aliphatic carbocycles. The second kappa shape index (κ2) is 6.40. The van der Waals surface area contributed by atoms with Gasteiger partial charge in [-0.05, 0) is 24.5 Å². The molecule has 1 atom stereocenters. The van der Waals surface area contributed by atoms with Crippen molar-refractivity contribution in [3.8, 4) is 0 Å². The lowest BCUT2D eigenvalue weighted by atomic mass is 10.1. The maximum atomic E-state index is 13.2. The zero-order valence-electron chi connectivity index (χ0n) is 9.82. The molecule has 0 amide bonds. The number of allylic oxidation sites excluding steroid dienone is 1. The molecule has 0 saturated heterocycles. The Bertz CT molecular complexity index is 412. The van der Waals surface area contributed by atoms with Crippen LogP contribution in [0.15, 0.2) is 54.9 Å². The lowest BCUT2D eigenvalue weighted by Gasteiger charge is -2.17. The van der Waals surface area contributed by atoms with E-state index in [1.54, 1.807) is 0 Å². The van der Waals surface area contributed by atoms with Gasteiger partial charge in [-0.2, -0.15) is 8.78 Å². The normalized spacial score (nSPS) is 14.3. The molecular weight excluding hydrogens is 241 g/mol. The first kappa shape index (κ1) is 14.5. The van der Waals surface area contributed by atoms with Gasteiger partial charge in [-0.25, -0.2) is 4.39 Å². The average molecular weight is 256 g/mol. The van der Waals surface area contributed by atoms with Crippen molar-refractivity contribution in [2.24, 2.45) is 0 Å². The fourth-order valence-electron chi connectivity index (χ4n) is 1.44. The Morgan fingerprint density at radius 1 is 1.33 bits per heavy atom. The Hall–Kier alpha value is -1.55. The molecule has 0 aliphatic heterocycles. The van der Waals surface area contributed by atoms with Gasteiger partial charge in [0.25, 0.3) is 0 Å². The SMILES string of the molecule is C=C[C@@H](O)C(F)(F)/C(F)=C\CCc1ccccc1. The minimum absolute atomic E-state index is 0.148. The Labute approximate surface area is 104 Å². The topological polar surface area (TPSA) is 20.2 Å². The highest BCUT2D eigenvalue weighted by Crippen LogP contribution is 2.30. The molecule has 0 aliphatic rings. The van der Waals surface area contributed by atoms with Crippen LogP contribution < -0.4 is 0 Å². The van der Waals surface area contributed by atoms with E-state index in [2.05, 4.69) is 6.58 Å². The Morgan fingerprint density at radius 2 is 1.94 bits per heavy atom. The molecule has 0 spiro atoms. The zero-order chi connectivity index (χ0) is 13.6. The van der Waals surface area contributed by atoms with E-state index in [1.807, 2.05) is 30.3 Å². The molecule has 18 heavy (non-hydrogen) atoms. The van der Waals surface area contributed by atoms with Crippen molar-refractivity contribution >= 4 is 0 Å². The van der Waals surface area contributed by atoms with Gasteiger partial charge in [-0.15, -0.1) is 6.58 Å². The molecule has 98 valence electrons. The van der Waals surface area contributed by atoms with Gasteiger partial charge in [-0.3, -0.25) is 0 Å². The summed E-state index contributed by atoms with van der Waals surface area (Å²) in [5, 5.41) is 8.92. The van der Waals surface area contributed by atoms with Gasteiger partial charge in [0, 0.05) is 0 Å². The molecule has 1 aromatic rings. The first-order valence-corrected chi connectivity index (χ1v) is 5.57. The second-order valence-corrected chi connectivity index (χ2v) is 3.88. The smallest absolute Gasteiger partial charge is 0.327 e. The summed E-state index contributed by atoms with van der Waals surface area (Å²) in [7, 11) is 0. The number of aryl methyl sites for hydroxylation is 1. The van der Waals surface area contributed by atoms with E-state index in [1.165, 1.54) is 0 Å². The van der Waals surface area contributed by atoms with E-state index in [0.717, 1.165) is 11.6 Å². The van der Waals surface area contributed by atoms with Crippen LogP contribution in [-0.2, 0) is 6.42 Å².